The van der Waals surface area contributed by atoms with Crippen LogP contribution in [-0.4, -0.2) is 26.9 Å². The van der Waals surface area contributed by atoms with Crippen molar-refractivity contribution in [1.82, 2.24) is 9.97 Å². The molecule has 0 aliphatic carbocycles. The van der Waals surface area contributed by atoms with Crippen LogP contribution in [0.5, 0.6) is 17.4 Å². The van der Waals surface area contributed by atoms with Gasteiger partial charge < -0.3 is 20.1 Å². The average molecular weight is 438 g/mol. The van der Waals surface area contributed by atoms with Gasteiger partial charge >= 0.3 is 0 Å². The van der Waals surface area contributed by atoms with Gasteiger partial charge in [0, 0.05) is 18.0 Å². The molecule has 2 N–H and O–H groups in total. The monoisotopic (exact) mass is 438 g/mol. The third-order valence-electron chi connectivity index (χ3n) is 5.19. The highest BCUT2D eigenvalue weighted by Gasteiger charge is 2.26. The maximum Gasteiger partial charge on any atom is 0.260 e. The summed E-state index contributed by atoms with van der Waals surface area (Å²) in [6.45, 7) is 0.283. The summed E-state index contributed by atoms with van der Waals surface area (Å²) in [6.07, 6.45) is 3.05. The summed E-state index contributed by atoms with van der Waals surface area (Å²) < 4.78 is 5.94. The van der Waals surface area contributed by atoms with Crippen molar-refractivity contribution in [3.63, 3.8) is 0 Å². The van der Waals surface area contributed by atoms with Gasteiger partial charge in [0.2, 0.25) is 5.88 Å². The summed E-state index contributed by atoms with van der Waals surface area (Å²) in [4.78, 5) is 35.9. The molecule has 2 aromatic heterocycles. The first-order valence-corrected chi connectivity index (χ1v) is 10.2. The Morgan fingerprint density at radius 1 is 0.939 bits per heavy atom. The zero-order valence-electron chi connectivity index (χ0n) is 17.3. The van der Waals surface area contributed by atoms with Gasteiger partial charge in [-0.3, -0.25) is 9.59 Å². The summed E-state index contributed by atoms with van der Waals surface area (Å²) in [7, 11) is 0. The van der Waals surface area contributed by atoms with Gasteiger partial charge in [0.05, 0.1) is 23.4 Å². The van der Waals surface area contributed by atoms with E-state index in [-0.39, 0.29) is 29.6 Å². The number of benzene rings is 2. The lowest BCUT2D eigenvalue weighted by Gasteiger charge is -2.22. The maximum atomic E-state index is 13.4. The van der Waals surface area contributed by atoms with Crippen molar-refractivity contribution in [2.75, 3.05) is 10.2 Å². The normalized spacial score (nSPS) is 12.1. The molecule has 8 heteroatoms. The van der Waals surface area contributed by atoms with Crippen LogP contribution < -0.4 is 15.0 Å². The van der Waals surface area contributed by atoms with Crippen LogP contribution >= 0.6 is 0 Å². The van der Waals surface area contributed by atoms with E-state index < -0.39 is 5.91 Å². The van der Waals surface area contributed by atoms with Crippen LogP contribution in [0.2, 0.25) is 0 Å². The largest absolute Gasteiger partial charge is 0.507 e. The van der Waals surface area contributed by atoms with Crippen molar-refractivity contribution in [3.05, 3.63) is 102 Å². The Kier molecular flexibility index (Phi) is 5.16. The number of amides is 2. The Balaban J connectivity index is 1.40. The summed E-state index contributed by atoms with van der Waals surface area (Å²) in [6, 6.07) is 20.3. The van der Waals surface area contributed by atoms with Gasteiger partial charge in [-0.2, -0.15) is 0 Å². The van der Waals surface area contributed by atoms with Crippen LogP contribution in [0, 0.1) is 0 Å². The van der Waals surface area contributed by atoms with E-state index >= 15 is 0 Å². The highest BCUT2D eigenvalue weighted by Crippen LogP contribution is 2.38. The molecule has 1 aliphatic heterocycles. The van der Waals surface area contributed by atoms with Crippen molar-refractivity contribution in [2.45, 2.75) is 6.54 Å². The Bertz CT molecular complexity index is 1350. The van der Waals surface area contributed by atoms with Crippen LogP contribution in [0.1, 0.15) is 26.3 Å². The van der Waals surface area contributed by atoms with Gasteiger partial charge in [0.15, 0.2) is 5.75 Å². The minimum atomic E-state index is -0.498. The number of nitrogens with zero attached hydrogens (tertiary/aromatic N) is 3. The summed E-state index contributed by atoms with van der Waals surface area (Å²) >= 11 is 0. The number of carbonyl (C=O) groups excluding carboxylic acids is 2. The van der Waals surface area contributed by atoms with Gasteiger partial charge in [-0.1, -0.05) is 30.3 Å². The number of fused-ring (bicyclic) bond motifs is 2. The number of aromatic nitrogens is 2. The van der Waals surface area contributed by atoms with Crippen LogP contribution in [0.4, 0.5) is 11.5 Å². The first-order valence-electron chi connectivity index (χ1n) is 10.2. The number of hydrogen-bond acceptors (Lipinski definition) is 6. The number of para-hydroxylation sites is 3. The number of hydrogen-bond donors (Lipinski definition) is 2. The van der Waals surface area contributed by atoms with E-state index in [1.807, 2.05) is 24.3 Å². The molecule has 4 aromatic rings. The number of carbonyl (C=O) groups is 2. The molecular formula is C25H18N4O4. The van der Waals surface area contributed by atoms with E-state index in [4.69, 9.17) is 4.74 Å². The van der Waals surface area contributed by atoms with Crippen LogP contribution in [0.25, 0.3) is 0 Å². The molecule has 0 radical (unpaired) electrons. The van der Waals surface area contributed by atoms with Crippen molar-refractivity contribution in [1.29, 1.82) is 0 Å². The van der Waals surface area contributed by atoms with Crippen LogP contribution in [-0.2, 0) is 6.54 Å². The number of nitrogens with one attached hydrogen (secondary N) is 1. The van der Waals surface area contributed by atoms with Gasteiger partial charge in [-0.25, -0.2) is 9.97 Å². The van der Waals surface area contributed by atoms with E-state index in [0.29, 0.717) is 22.9 Å². The molecule has 0 saturated carbocycles. The minimum absolute atomic E-state index is 0.126. The second-order valence-electron chi connectivity index (χ2n) is 7.33. The molecule has 2 amide bonds. The average Bonchev–Trinajstić information content (AvgIpc) is 3.01. The van der Waals surface area contributed by atoms with Crippen molar-refractivity contribution in [2.24, 2.45) is 0 Å². The molecule has 0 spiro atoms. The van der Waals surface area contributed by atoms with E-state index in [0.717, 1.165) is 5.56 Å². The first-order chi connectivity index (χ1) is 16.1. The Labute approximate surface area is 189 Å². The summed E-state index contributed by atoms with van der Waals surface area (Å²) in [5.41, 5.74) is 1.88. The molecule has 1 aliphatic rings. The predicted molar refractivity (Wildman–Crippen MR) is 122 cm³/mol. The number of rotatable bonds is 3. The fourth-order valence-electron chi connectivity index (χ4n) is 3.54. The Morgan fingerprint density at radius 2 is 1.76 bits per heavy atom. The van der Waals surface area contributed by atoms with Crippen LogP contribution in [0.3, 0.4) is 0 Å². The molecular weight excluding hydrogens is 420 g/mol. The maximum absolute atomic E-state index is 13.4. The molecule has 2 aromatic carbocycles. The number of phenols is 1. The zero-order chi connectivity index (χ0) is 22.8. The highest BCUT2D eigenvalue weighted by atomic mass is 16.5. The fraction of sp³-hybridized carbons (Fsp3) is 0.0400. The lowest BCUT2D eigenvalue weighted by molar-refractivity contribution is 0.0983. The smallest absolute Gasteiger partial charge is 0.260 e. The number of phenolic OH excluding ortho intramolecular Hbond substituents is 1. The molecule has 0 fully saturated rings. The van der Waals surface area contributed by atoms with Crippen molar-refractivity contribution < 1.29 is 19.4 Å². The second-order valence-corrected chi connectivity index (χ2v) is 7.33. The number of anilines is 2. The molecule has 0 saturated heterocycles. The SMILES string of the molecule is O=C(Nc1ccc(C(=O)N2Cc3cccnc3Oc3ccccc32)cn1)c1ccccc1O. The molecule has 0 unspecified atom stereocenters. The van der Waals surface area contributed by atoms with E-state index in [1.165, 1.54) is 18.3 Å². The van der Waals surface area contributed by atoms with E-state index in [9.17, 15) is 14.7 Å². The lowest BCUT2D eigenvalue weighted by Crippen LogP contribution is -2.30. The number of pyridine rings is 2. The standard InChI is InChI=1S/C25H18N4O4/c30-20-9-3-1-7-18(20)23(31)28-22-12-11-16(14-27-22)25(32)29-15-17-6-5-13-26-24(17)33-21-10-4-2-8-19(21)29/h1-14,30H,15H2,(H,27,28,31). The molecule has 0 atom stereocenters. The molecule has 162 valence electrons. The van der Waals surface area contributed by atoms with Gasteiger partial charge in [0.1, 0.15) is 11.6 Å². The highest BCUT2D eigenvalue weighted by molar-refractivity contribution is 6.08. The van der Waals surface area contributed by atoms with Crippen LogP contribution in [0.15, 0.2) is 85.2 Å². The fourth-order valence-corrected chi connectivity index (χ4v) is 3.54. The topological polar surface area (TPSA) is 105 Å². The minimum Gasteiger partial charge on any atom is -0.507 e. The molecule has 8 nitrogen and oxygen atoms in total. The van der Waals surface area contributed by atoms with Crippen molar-refractivity contribution >= 4 is 23.3 Å². The van der Waals surface area contributed by atoms with E-state index in [2.05, 4.69) is 15.3 Å². The molecule has 3 heterocycles. The van der Waals surface area contributed by atoms with Gasteiger partial charge in [-0.15, -0.1) is 0 Å². The third-order valence-corrected chi connectivity index (χ3v) is 5.19. The predicted octanol–water partition coefficient (Wildman–Crippen LogP) is 4.39. The molecule has 33 heavy (non-hydrogen) atoms. The Morgan fingerprint density at radius 3 is 2.58 bits per heavy atom. The summed E-state index contributed by atoms with van der Waals surface area (Å²) in [5, 5.41) is 12.5. The number of aromatic hydroxyl groups is 1. The third kappa shape index (κ3) is 3.97. The molecule has 5 rings (SSSR count). The lowest BCUT2D eigenvalue weighted by atomic mass is 10.1. The zero-order valence-corrected chi connectivity index (χ0v) is 17.3. The summed E-state index contributed by atoms with van der Waals surface area (Å²) in [5.74, 6) is 0.354. The second kappa shape index (κ2) is 8.43. The Hall–Kier alpha value is -4.72. The first kappa shape index (κ1) is 20.2. The van der Waals surface area contributed by atoms with Crippen molar-refractivity contribution in [3.8, 4) is 17.4 Å². The number of ether oxygens (including phenoxy) is 1. The van der Waals surface area contributed by atoms with Gasteiger partial charge in [-0.05, 0) is 42.5 Å². The molecule has 0 bridgehead atoms. The van der Waals surface area contributed by atoms with E-state index in [1.54, 1.807) is 47.5 Å². The quantitative estimate of drug-likeness (QED) is 0.492. The van der Waals surface area contributed by atoms with Gasteiger partial charge in [0.25, 0.3) is 11.8 Å².